The minimum Gasteiger partial charge on any atom is -0.378 e. The van der Waals surface area contributed by atoms with Crippen LogP contribution in [0.25, 0.3) is 0 Å². The van der Waals surface area contributed by atoms with Crippen LogP contribution in [0.2, 0.25) is 0 Å². The van der Waals surface area contributed by atoms with Gasteiger partial charge in [-0.2, -0.15) is 0 Å². The van der Waals surface area contributed by atoms with Crippen LogP contribution in [-0.4, -0.2) is 35.6 Å². The number of piperidine rings is 1. The van der Waals surface area contributed by atoms with E-state index < -0.39 is 4.92 Å². The van der Waals surface area contributed by atoms with E-state index in [1.807, 2.05) is 0 Å². The third-order valence-corrected chi connectivity index (χ3v) is 4.22. The van der Waals surface area contributed by atoms with E-state index in [0.717, 1.165) is 25.5 Å². The molecule has 3 N–H and O–H groups in total. The molecule has 1 aliphatic heterocycles. The fourth-order valence-corrected chi connectivity index (χ4v) is 2.95. The number of nitrogen functional groups attached to an aromatic ring is 1. The van der Waals surface area contributed by atoms with Gasteiger partial charge in [-0.3, -0.25) is 10.1 Å². The number of nitrogens with one attached hydrogen (secondary N) is 1. The van der Waals surface area contributed by atoms with Gasteiger partial charge in [0.05, 0.1) is 4.92 Å². The Kier molecular flexibility index (Phi) is 3.92. The average Bonchev–Trinajstić information content (AvgIpc) is 3.30. The fraction of sp³-hybridized carbons (Fsp3) is 0.643. The van der Waals surface area contributed by atoms with E-state index in [4.69, 9.17) is 5.73 Å². The van der Waals surface area contributed by atoms with Gasteiger partial charge >= 0.3 is 5.69 Å². The maximum Gasteiger partial charge on any atom is 0.311 e. The van der Waals surface area contributed by atoms with Crippen LogP contribution >= 0.6 is 0 Å². The van der Waals surface area contributed by atoms with Crippen LogP contribution in [0.15, 0.2) is 12.1 Å². The molecular formula is C14H21N5O2. The molecule has 2 aliphatic rings. The van der Waals surface area contributed by atoms with E-state index >= 15 is 0 Å². The van der Waals surface area contributed by atoms with Gasteiger partial charge in [-0.15, -0.1) is 0 Å². The summed E-state index contributed by atoms with van der Waals surface area (Å²) in [4.78, 5) is 16.9. The summed E-state index contributed by atoms with van der Waals surface area (Å²) in [6, 6.07) is 3.70. The first-order chi connectivity index (χ1) is 10.1. The van der Waals surface area contributed by atoms with Crippen molar-refractivity contribution in [2.24, 2.45) is 5.92 Å². The van der Waals surface area contributed by atoms with Gasteiger partial charge < -0.3 is 16.0 Å². The van der Waals surface area contributed by atoms with Gasteiger partial charge in [0.15, 0.2) is 0 Å². The van der Waals surface area contributed by atoms with Gasteiger partial charge in [-0.05, 0) is 50.8 Å². The zero-order valence-corrected chi connectivity index (χ0v) is 12.0. The van der Waals surface area contributed by atoms with E-state index in [1.54, 1.807) is 6.07 Å². The molecule has 7 heteroatoms. The van der Waals surface area contributed by atoms with Crippen molar-refractivity contribution in [3.05, 3.63) is 22.2 Å². The number of hydrogen-bond acceptors (Lipinski definition) is 6. The smallest absolute Gasteiger partial charge is 0.311 e. The monoisotopic (exact) mass is 291 g/mol. The molecule has 1 atom stereocenters. The Labute approximate surface area is 123 Å². The molecule has 1 aliphatic carbocycles. The summed E-state index contributed by atoms with van der Waals surface area (Å²) < 4.78 is 0. The van der Waals surface area contributed by atoms with Gasteiger partial charge in [0.1, 0.15) is 5.82 Å². The largest absolute Gasteiger partial charge is 0.378 e. The Morgan fingerprint density at radius 1 is 1.43 bits per heavy atom. The Morgan fingerprint density at radius 3 is 2.81 bits per heavy atom. The molecule has 1 aromatic heterocycles. The van der Waals surface area contributed by atoms with Gasteiger partial charge in [-0.25, -0.2) is 4.98 Å². The molecule has 3 rings (SSSR count). The van der Waals surface area contributed by atoms with E-state index in [1.165, 1.54) is 31.7 Å². The van der Waals surface area contributed by atoms with Gasteiger partial charge in [-0.1, -0.05) is 0 Å². The average molecular weight is 291 g/mol. The van der Waals surface area contributed by atoms with Crippen molar-refractivity contribution in [3.63, 3.8) is 0 Å². The lowest BCUT2D eigenvalue weighted by Gasteiger charge is -2.31. The molecule has 0 amide bonds. The van der Waals surface area contributed by atoms with Crippen LogP contribution < -0.4 is 16.0 Å². The molecule has 1 saturated heterocycles. The number of hydrogen-bond donors (Lipinski definition) is 2. The first-order valence-corrected chi connectivity index (χ1v) is 7.53. The Hall–Kier alpha value is -1.89. The van der Waals surface area contributed by atoms with Crippen LogP contribution in [0.4, 0.5) is 17.3 Å². The van der Waals surface area contributed by atoms with Crippen molar-refractivity contribution in [1.29, 1.82) is 0 Å². The van der Waals surface area contributed by atoms with Crippen molar-refractivity contribution < 1.29 is 4.92 Å². The number of nitro groups is 1. The lowest BCUT2D eigenvalue weighted by atomic mass is 9.99. The molecule has 2 heterocycles. The molecule has 7 nitrogen and oxygen atoms in total. The third-order valence-electron chi connectivity index (χ3n) is 4.22. The van der Waals surface area contributed by atoms with E-state index in [-0.39, 0.29) is 11.5 Å². The number of nitrogens with zero attached hydrogens (tertiary/aromatic N) is 3. The van der Waals surface area contributed by atoms with Crippen molar-refractivity contribution in [3.8, 4) is 0 Å². The normalized spacial score (nSPS) is 22.0. The Morgan fingerprint density at radius 2 is 2.24 bits per heavy atom. The highest BCUT2D eigenvalue weighted by atomic mass is 16.6. The standard InChI is InChI=1S/C14H21N5O2/c15-14-12(19(20)21)5-6-13(17-14)18(11-3-4-11)9-10-2-1-7-16-8-10/h5-6,10-11,16H,1-4,7-9H2,(H2,15,17). The zero-order chi connectivity index (χ0) is 14.8. The summed E-state index contributed by atoms with van der Waals surface area (Å²) in [5.74, 6) is 1.38. The fourth-order valence-electron chi connectivity index (χ4n) is 2.95. The predicted molar refractivity (Wildman–Crippen MR) is 81.3 cm³/mol. The SMILES string of the molecule is Nc1nc(N(CC2CCCNC2)C2CC2)ccc1[N+](=O)[O-]. The maximum atomic E-state index is 10.8. The summed E-state index contributed by atoms with van der Waals surface area (Å²) in [6.07, 6.45) is 4.76. The third kappa shape index (κ3) is 3.24. The first kappa shape index (κ1) is 14.1. The lowest BCUT2D eigenvalue weighted by molar-refractivity contribution is -0.384. The molecular weight excluding hydrogens is 270 g/mol. The van der Waals surface area contributed by atoms with Gasteiger partial charge in [0.2, 0.25) is 5.82 Å². The van der Waals surface area contributed by atoms with Crippen molar-refractivity contribution in [1.82, 2.24) is 10.3 Å². The topological polar surface area (TPSA) is 97.3 Å². The second-order valence-electron chi connectivity index (χ2n) is 5.93. The second-order valence-corrected chi connectivity index (χ2v) is 5.93. The molecule has 0 spiro atoms. The van der Waals surface area contributed by atoms with Crippen LogP contribution in [-0.2, 0) is 0 Å². The number of nitrogens with two attached hydrogens (primary N) is 1. The van der Waals surface area contributed by atoms with Crippen LogP contribution in [0.5, 0.6) is 0 Å². The molecule has 1 aromatic rings. The van der Waals surface area contributed by atoms with Gasteiger partial charge in [0, 0.05) is 18.7 Å². The summed E-state index contributed by atoms with van der Waals surface area (Å²) in [7, 11) is 0. The molecule has 0 bridgehead atoms. The van der Waals surface area contributed by atoms with E-state index in [2.05, 4.69) is 15.2 Å². The number of rotatable bonds is 5. The molecule has 21 heavy (non-hydrogen) atoms. The number of pyridine rings is 1. The lowest BCUT2D eigenvalue weighted by Crippen LogP contribution is -2.39. The highest BCUT2D eigenvalue weighted by Crippen LogP contribution is 2.33. The quantitative estimate of drug-likeness (QED) is 0.631. The highest BCUT2D eigenvalue weighted by molar-refractivity contribution is 5.58. The summed E-state index contributed by atoms with van der Waals surface area (Å²) in [6.45, 7) is 3.08. The minimum atomic E-state index is -0.487. The Balaban J connectivity index is 1.77. The van der Waals surface area contributed by atoms with E-state index in [0.29, 0.717) is 12.0 Å². The van der Waals surface area contributed by atoms with Crippen molar-refractivity contribution >= 4 is 17.3 Å². The molecule has 114 valence electrons. The molecule has 1 saturated carbocycles. The van der Waals surface area contributed by atoms with Gasteiger partial charge in [0.25, 0.3) is 0 Å². The van der Waals surface area contributed by atoms with Crippen molar-refractivity contribution in [2.45, 2.75) is 31.7 Å². The van der Waals surface area contributed by atoms with E-state index in [9.17, 15) is 10.1 Å². The zero-order valence-electron chi connectivity index (χ0n) is 12.0. The maximum absolute atomic E-state index is 10.8. The first-order valence-electron chi connectivity index (χ1n) is 7.53. The molecule has 2 fully saturated rings. The minimum absolute atomic E-state index is 0.00455. The summed E-state index contributed by atoms with van der Waals surface area (Å²) in [5, 5.41) is 14.3. The molecule has 1 unspecified atom stereocenters. The summed E-state index contributed by atoms with van der Waals surface area (Å²) in [5.41, 5.74) is 5.61. The molecule has 0 radical (unpaired) electrons. The predicted octanol–water partition coefficient (Wildman–Crippen LogP) is 1.54. The Bertz CT molecular complexity index is 526. The van der Waals surface area contributed by atoms with Crippen LogP contribution in [0, 0.1) is 16.0 Å². The van der Waals surface area contributed by atoms with Crippen LogP contribution in [0.1, 0.15) is 25.7 Å². The highest BCUT2D eigenvalue weighted by Gasteiger charge is 2.32. The van der Waals surface area contributed by atoms with Crippen LogP contribution in [0.3, 0.4) is 0 Å². The van der Waals surface area contributed by atoms with Crippen molar-refractivity contribution in [2.75, 3.05) is 30.3 Å². The summed E-state index contributed by atoms with van der Waals surface area (Å²) >= 11 is 0. The second kappa shape index (κ2) is 5.85. The molecule has 0 aromatic carbocycles. The number of anilines is 2. The number of aromatic nitrogens is 1.